The molecule has 0 spiro atoms. The summed E-state index contributed by atoms with van der Waals surface area (Å²) in [4.78, 5) is 28.7. The number of rotatable bonds is 3. The van der Waals surface area contributed by atoms with Crippen molar-refractivity contribution in [2.24, 2.45) is 0 Å². The molecule has 2 aliphatic rings. The van der Waals surface area contributed by atoms with Gasteiger partial charge in [-0.15, -0.1) is 0 Å². The second kappa shape index (κ2) is 7.04. The Bertz CT molecular complexity index is 1460. The molecule has 3 aromatic carbocycles. The highest BCUT2D eigenvalue weighted by Crippen LogP contribution is 2.45. The fourth-order valence-electron chi connectivity index (χ4n) is 5.28. The van der Waals surface area contributed by atoms with Crippen LogP contribution in [-0.2, 0) is 23.3 Å². The molecule has 6 heteroatoms. The molecule has 1 N–H and O–H groups in total. The number of aryl methyl sites for hydroxylation is 2. The van der Waals surface area contributed by atoms with Gasteiger partial charge in [-0.3, -0.25) is 14.5 Å². The van der Waals surface area contributed by atoms with Crippen LogP contribution in [0.5, 0.6) is 0 Å². The number of amides is 2. The topological polar surface area (TPSA) is 54.3 Å². The molecule has 6 rings (SSSR count). The summed E-state index contributed by atoms with van der Waals surface area (Å²) >= 11 is 0. The van der Waals surface area contributed by atoms with Crippen molar-refractivity contribution in [2.75, 3.05) is 4.90 Å². The van der Waals surface area contributed by atoms with Gasteiger partial charge < -0.3 is 9.88 Å². The van der Waals surface area contributed by atoms with Crippen LogP contribution in [0.2, 0.25) is 0 Å². The number of fused-ring (bicyclic) bond motifs is 1. The normalized spacial score (nSPS) is 19.1. The molecule has 0 saturated carbocycles. The quantitative estimate of drug-likeness (QED) is 0.486. The average Bonchev–Trinajstić information content (AvgIpc) is 3.30. The van der Waals surface area contributed by atoms with Gasteiger partial charge in [0.2, 0.25) is 0 Å². The van der Waals surface area contributed by atoms with E-state index in [0.717, 1.165) is 30.3 Å². The zero-order valence-corrected chi connectivity index (χ0v) is 18.1. The van der Waals surface area contributed by atoms with Crippen LogP contribution >= 0.6 is 0 Å². The van der Waals surface area contributed by atoms with E-state index in [1.54, 1.807) is 37.3 Å². The van der Waals surface area contributed by atoms with Gasteiger partial charge in [-0.05, 0) is 49.6 Å². The first kappa shape index (κ1) is 19.7. The zero-order chi connectivity index (χ0) is 22.7. The second-order valence-corrected chi connectivity index (χ2v) is 8.83. The van der Waals surface area contributed by atoms with Crippen molar-refractivity contribution in [2.45, 2.75) is 31.8 Å². The van der Waals surface area contributed by atoms with Crippen LogP contribution in [0.3, 0.4) is 0 Å². The lowest BCUT2D eigenvalue weighted by molar-refractivity contribution is -0.122. The predicted molar refractivity (Wildman–Crippen MR) is 125 cm³/mol. The van der Waals surface area contributed by atoms with E-state index in [-0.39, 0.29) is 11.6 Å². The molecule has 5 nitrogen and oxygen atoms in total. The summed E-state index contributed by atoms with van der Waals surface area (Å²) in [7, 11) is 0. The van der Waals surface area contributed by atoms with E-state index in [4.69, 9.17) is 0 Å². The molecule has 0 bridgehead atoms. The first-order valence-corrected chi connectivity index (χ1v) is 11.1. The summed E-state index contributed by atoms with van der Waals surface area (Å²) in [5.41, 5.74) is 2.90. The average molecular weight is 439 g/mol. The Balaban J connectivity index is 1.44. The maximum absolute atomic E-state index is 14.7. The lowest BCUT2D eigenvalue weighted by Crippen LogP contribution is -2.50. The van der Waals surface area contributed by atoms with Crippen molar-refractivity contribution in [1.82, 2.24) is 9.88 Å². The first-order chi connectivity index (χ1) is 16.0. The third-order valence-electron chi connectivity index (χ3n) is 6.84. The fourth-order valence-corrected chi connectivity index (χ4v) is 5.28. The van der Waals surface area contributed by atoms with Crippen molar-refractivity contribution < 1.29 is 14.0 Å². The van der Waals surface area contributed by atoms with Crippen molar-refractivity contribution in [3.05, 3.63) is 95.4 Å². The van der Waals surface area contributed by atoms with Crippen molar-refractivity contribution in [1.29, 1.82) is 0 Å². The van der Waals surface area contributed by atoms with Gasteiger partial charge in [-0.2, -0.15) is 0 Å². The molecule has 0 aliphatic carbocycles. The third-order valence-corrected chi connectivity index (χ3v) is 6.84. The zero-order valence-electron chi connectivity index (χ0n) is 18.1. The smallest absolute Gasteiger partial charge is 0.269 e. The molecule has 4 aromatic rings. The van der Waals surface area contributed by atoms with Gasteiger partial charge in [0.05, 0.1) is 16.9 Å². The lowest BCUT2D eigenvalue weighted by atomic mass is 9.93. The molecule has 0 fully saturated rings. The van der Waals surface area contributed by atoms with Crippen LogP contribution in [0.1, 0.15) is 35.0 Å². The lowest BCUT2D eigenvalue weighted by Gasteiger charge is -2.26. The van der Waals surface area contributed by atoms with E-state index < -0.39 is 17.3 Å². The molecule has 1 atom stereocenters. The minimum absolute atomic E-state index is 0.168. The van der Waals surface area contributed by atoms with Crippen LogP contribution in [-0.4, -0.2) is 16.4 Å². The number of anilines is 2. The van der Waals surface area contributed by atoms with Crippen molar-refractivity contribution in [3.8, 4) is 0 Å². The van der Waals surface area contributed by atoms with Gasteiger partial charge in [0.15, 0.2) is 0 Å². The first-order valence-electron chi connectivity index (χ1n) is 11.1. The highest BCUT2D eigenvalue weighted by molar-refractivity contribution is 6.14. The number of hydrogen-bond acceptors (Lipinski definition) is 2. The summed E-state index contributed by atoms with van der Waals surface area (Å²) in [6, 6.07) is 21.4. The van der Waals surface area contributed by atoms with Gasteiger partial charge in [0.1, 0.15) is 17.1 Å². The predicted octanol–water partition coefficient (Wildman–Crippen LogP) is 5.05. The number of nitrogens with zero attached hydrogens (tertiary/aromatic N) is 2. The maximum Gasteiger partial charge on any atom is 0.269 e. The van der Waals surface area contributed by atoms with Crippen LogP contribution in [0.4, 0.5) is 15.8 Å². The standard InChI is InChI=1S/C27H22FN3O2/c1-27(29-25(32)23-16-18-9-6-8-17-10-7-15-30(23)24(17)18)19-11-2-4-13-21(19)31(26(27)33)22-14-5-3-12-20(22)28/h2-6,8-9,11-14,16H,7,10,15H2,1H3,(H,29,32)/t27-/m0/s1. The molecule has 0 saturated heterocycles. The molecule has 1 aromatic heterocycles. The third kappa shape index (κ3) is 2.76. The maximum atomic E-state index is 14.7. The number of nitrogens with one attached hydrogen (secondary N) is 1. The summed E-state index contributed by atoms with van der Waals surface area (Å²) in [5.74, 6) is -1.20. The molecule has 2 amide bonds. The largest absolute Gasteiger partial charge is 0.336 e. The Morgan fingerprint density at radius 2 is 1.76 bits per heavy atom. The number of para-hydroxylation sites is 3. The minimum Gasteiger partial charge on any atom is -0.336 e. The molecule has 2 aliphatic heterocycles. The highest BCUT2D eigenvalue weighted by atomic mass is 19.1. The van der Waals surface area contributed by atoms with Crippen LogP contribution in [0, 0.1) is 5.82 Å². The Morgan fingerprint density at radius 1 is 1.00 bits per heavy atom. The van der Waals surface area contributed by atoms with Crippen LogP contribution in [0.15, 0.2) is 72.8 Å². The number of benzene rings is 3. The number of halogens is 1. The van der Waals surface area contributed by atoms with Gasteiger partial charge in [0.25, 0.3) is 11.8 Å². The molecule has 33 heavy (non-hydrogen) atoms. The number of carbonyl (C=O) groups excluding carboxylic acids is 2. The van der Waals surface area contributed by atoms with Gasteiger partial charge in [-0.1, -0.05) is 48.5 Å². The molecule has 164 valence electrons. The second-order valence-electron chi connectivity index (χ2n) is 8.83. The summed E-state index contributed by atoms with van der Waals surface area (Å²) in [6.07, 6.45) is 1.95. The highest BCUT2D eigenvalue weighted by Gasteiger charge is 2.49. The molecular weight excluding hydrogens is 417 g/mol. The number of carbonyl (C=O) groups is 2. The van der Waals surface area contributed by atoms with Gasteiger partial charge >= 0.3 is 0 Å². The summed E-state index contributed by atoms with van der Waals surface area (Å²) in [5, 5.41) is 4.02. The Kier molecular flexibility index (Phi) is 4.21. The molecule has 0 unspecified atom stereocenters. The van der Waals surface area contributed by atoms with Crippen molar-refractivity contribution >= 4 is 34.1 Å². The molecular formula is C27H22FN3O2. The SMILES string of the molecule is C[C@@]1(NC(=O)c2cc3cccc4c3n2CCC4)C(=O)N(c2ccccc2F)c2ccccc21. The van der Waals surface area contributed by atoms with E-state index in [1.807, 2.05) is 34.9 Å². The van der Waals surface area contributed by atoms with E-state index in [0.29, 0.717) is 16.9 Å². The van der Waals surface area contributed by atoms with E-state index >= 15 is 0 Å². The summed E-state index contributed by atoms with van der Waals surface area (Å²) in [6.45, 7) is 2.45. The van der Waals surface area contributed by atoms with Crippen LogP contribution in [0.25, 0.3) is 10.9 Å². The van der Waals surface area contributed by atoms with E-state index in [2.05, 4.69) is 11.4 Å². The molecule has 3 heterocycles. The molecule has 0 radical (unpaired) electrons. The fraction of sp³-hybridized carbons (Fsp3) is 0.185. The van der Waals surface area contributed by atoms with Gasteiger partial charge in [0, 0.05) is 17.5 Å². The Hall–Kier alpha value is -3.93. The van der Waals surface area contributed by atoms with Gasteiger partial charge in [-0.25, -0.2) is 4.39 Å². The van der Waals surface area contributed by atoms with Crippen LogP contribution < -0.4 is 10.2 Å². The summed E-state index contributed by atoms with van der Waals surface area (Å²) < 4.78 is 16.7. The monoisotopic (exact) mass is 439 g/mol. The van der Waals surface area contributed by atoms with E-state index in [1.165, 1.54) is 16.5 Å². The Labute approximate surface area is 190 Å². The number of hydrogen-bond donors (Lipinski definition) is 1. The van der Waals surface area contributed by atoms with E-state index in [9.17, 15) is 14.0 Å². The van der Waals surface area contributed by atoms with Crippen molar-refractivity contribution in [3.63, 3.8) is 0 Å². The minimum atomic E-state index is -1.33. The number of aromatic nitrogens is 1. The Morgan fingerprint density at radius 3 is 2.58 bits per heavy atom.